The molecule has 5 aromatic carbocycles. The summed E-state index contributed by atoms with van der Waals surface area (Å²) in [5.41, 5.74) is 11.6. The van der Waals surface area contributed by atoms with Crippen molar-refractivity contribution >= 4 is 17.8 Å². The fourth-order valence-corrected chi connectivity index (χ4v) is 6.47. The molecule has 0 spiro atoms. The third kappa shape index (κ3) is 12.9. The van der Waals surface area contributed by atoms with Crippen molar-refractivity contribution in [1.82, 2.24) is 25.1 Å². The number of carboxylic acids is 1. The Balaban J connectivity index is 0.000000163. The minimum absolute atomic E-state index is 0.0661. The molecule has 11 heteroatoms. The van der Waals surface area contributed by atoms with Gasteiger partial charge in [0.15, 0.2) is 0 Å². The van der Waals surface area contributed by atoms with Gasteiger partial charge in [0.1, 0.15) is 17.1 Å². The molecule has 0 bridgehead atoms. The van der Waals surface area contributed by atoms with Gasteiger partial charge in [0.25, 0.3) is 11.8 Å². The number of aromatic nitrogens is 3. The minimum atomic E-state index is -1.00. The fraction of sp³-hybridized carbons (Fsp3) is 0.0943. The second-order valence-electron chi connectivity index (χ2n) is 14.9. The molecule has 0 aliphatic rings. The van der Waals surface area contributed by atoms with E-state index in [4.69, 9.17) is 5.11 Å². The van der Waals surface area contributed by atoms with Crippen LogP contribution in [-0.2, 0) is 13.1 Å². The summed E-state index contributed by atoms with van der Waals surface area (Å²) in [4.78, 5) is 47.4. The van der Waals surface area contributed by atoms with Crippen LogP contribution in [0.3, 0.4) is 0 Å². The van der Waals surface area contributed by atoms with Crippen molar-refractivity contribution in [3.63, 3.8) is 0 Å². The molecule has 0 aliphatic carbocycles. The zero-order valence-corrected chi connectivity index (χ0v) is 35.6. The second-order valence-corrected chi connectivity index (χ2v) is 14.9. The largest absolute Gasteiger partial charge is 0.477 e. The van der Waals surface area contributed by atoms with Crippen molar-refractivity contribution in [2.24, 2.45) is 0 Å². The molecule has 320 valence electrons. The van der Waals surface area contributed by atoms with Crippen molar-refractivity contribution in [2.45, 2.75) is 33.9 Å². The maximum atomic E-state index is 12.3. The first-order valence-electron chi connectivity index (χ1n) is 20.4. The molecule has 0 unspecified atom stereocenters. The summed E-state index contributed by atoms with van der Waals surface area (Å²) in [6.07, 6.45) is 4.88. The first-order valence-corrected chi connectivity index (χ1v) is 20.4. The molecule has 3 N–H and O–H groups in total. The number of carboxylic acid groups (broad SMARTS) is 1. The van der Waals surface area contributed by atoms with E-state index in [0.29, 0.717) is 10.1 Å². The smallest absolute Gasteiger partial charge is 0.354 e. The summed E-state index contributed by atoms with van der Waals surface area (Å²) < 4.78 is 0. The average molecular weight is 850 g/mol. The summed E-state index contributed by atoms with van der Waals surface area (Å²) in [5, 5.41) is 30.1. The Labute approximate surface area is 372 Å². The van der Waals surface area contributed by atoms with E-state index in [2.05, 4.69) is 27.1 Å². The van der Waals surface area contributed by atoms with Crippen molar-refractivity contribution in [1.29, 1.82) is 0 Å². The zero-order valence-electron chi connectivity index (χ0n) is 35.6. The molecule has 0 aliphatic heterocycles. The molecular formula is C53H47N5O6. The molecule has 0 fully saturated rings. The second kappa shape index (κ2) is 22.1. The van der Waals surface area contributed by atoms with E-state index in [-0.39, 0.29) is 30.2 Å². The van der Waals surface area contributed by atoms with E-state index >= 15 is 0 Å². The molecule has 8 aromatic rings. The Morgan fingerprint density at radius 3 is 1.02 bits per heavy atom. The Morgan fingerprint density at radius 2 is 0.734 bits per heavy atom. The normalized spacial score (nSPS) is 10.3. The molecule has 2 amide bonds. The van der Waals surface area contributed by atoms with Crippen molar-refractivity contribution < 1.29 is 29.9 Å². The van der Waals surface area contributed by atoms with Crippen LogP contribution in [0.5, 0.6) is 0 Å². The third-order valence-corrected chi connectivity index (χ3v) is 9.82. The SMILES string of the molecule is Cc1cccc(-c2ccc(C(=O)N(O)Cc3ccccc3)nc2)c1.Cc1cccc(-c2ccc(C(=O)N(O)Cc3ccccc3)nc2)c1.Cc1cccc(-c2ccc(C(=O)O)nc2)c1. The Morgan fingerprint density at radius 1 is 0.406 bits per heavy atom. The lowest BCUT2D eigenvalue weighted by Crippen LogP contribution is -2.27. The van der Waals surface area contributed by atoms with E-state index in [0.717, 1.165) is 55.6 Å². The van der Waals surface area contributed by atoms with Gasteiger partial charge < -0.3 is 5.11 Å². The molecule has 8 rings (SSSR count). The number of hydrogen-bond donors (Lipinski definition) is 3. The number of nitrogens with zero attached hydrogens (tertiary/aromatic N) is 5. The molecule has 0 atom stereocenters. The zero-order chi connectivity index (χ0) is 45.4. The predicted molar refractivity (Wildman–Crippen MR) is 246 cm³/mol. The highest BCUT2D eigenvalue weighted by atomic mass is 16.5. The van der Waals surface area contributed by atoms with Gasteiger partial charge in [0.2, 0.25) is 0 Å². The highest BCUT2D eigenvalue weighted by Crippen LogP contribution is 2.22. The maximum absolute atomic E-state index is 12.3. The molecule has 0 saturated carbocycles. The lowest BCUT2D eigenvalue weighted by Gasteiger charge is -2.14. The lowest BCUT2D eigenvalue weighted by atomic mass is 10.1. The topological polar surface area (TPSA) is 157 Å². The predicted octanol–water partition coefficient (Wildman–Crippen LogP) is 10.9. The Bertz CT molecular complexity index is 2640. The van der Waals surface area contributed by atoms with Gasteiger partial charge in [0.05, 0.1) is 13.1 Å². The van der Waals surface area contributed by atoms with Crippen molar-refractivity contribution in [3.8, 4) is 33.4 Å². The maximum Gasteiger partial charge on any atom is 0.354 e. The van der Waals surface area contributed by atoms with Gasteiger partial charge in [-0.3, -0.25) is 30.0 Å². The molecule has 64 heavy (non-hydrogen) atoms. The number of aromatic carboxylic acids is 1. The number of pyridine rings is 3. The van der Waals surface area contributed by atoms with E-state index in [1.807, 2.05) is 154 Å². The summed E-state index contributed by atoms with van der Waals surface area (Å²) in [6, 6.07) is 53.0. The highest BCUT2D eigenvalue weighted by molar-refractivity contribution is 5.92. The van der Waals surface area contributed by atoms with Crippen LogP contribution in [0.1, 0.15) is 59.3 Å². The lowest BCUT2D eigenvalue weighted by molar-refractivity contribution is -0.0652. The summed E-state index contributed by atoms with van der Waals surface area (Å²) >= 11 is 0. The third-order valence-electron chi connectivity index (χ3n) is 9.82. The van der Waals surface area contributed by atoms with Crippen LogP contribution in [0, 0.1) is 20.8 Å². The number of carbonyl (C=O) groups excluding carboxylic acids is 2. The number of amides is 2. The molecule has 0 radical (unpaired) electrons. The quantitative estimate of drug-likeness (QED) is 0.0900. The van der Waals surface area contributed by atoms with Gasteiger partial charge in [-0.05, 0) is 66.8 Å². The van der Waals surface area contributed by atoms with Crippen LogP contribution < -0.4 is 0 Å². The van der Waals surface area contributed by atoms with Gasteiger partial charge in [-0.25, -0.2) is 19.9 Å². The molecular weight excluding hydrogens is 803 g/mol. The average Bonchev–Trinajstić information content (AvgIpc) is 3.32. The number of hydroxylamine groups is 4. The summed E-state index contributed by atoms with van der Waals surface area (Å²) in [5.74, 6) is -2.04. The number of benzene rings is 5. The van der Waals surface area contributed by atoms with Gasteiger partial charge >= 0.3 is 5.97 Å². The van der Waals surface area contributed by atoms with E-state index in [9.17, 15) is 24.8 Å². The molecule has 3 heterocycles. The van der Waals surface area contributed by atoms with Crippen molar-refractivity contribution in [3.05, 3.63) is 233 Å². The Kier molecular flexibility index (Phi) is 15.7. The minimum Gasteiger partial charge on any atom is -0.477 e. The molecule has 11 nitrogen and oxygen atoms in total. The number of rotatable bonds is 10. The van der Waals surface area contributed by atoms with Gasteiger partial charge in [0, 0.05) is 35.3 Å². The van der Waals surface area contributed by atoms with Crippen molar-refractivity contribution in [2.75, 3.05) is 0 Å². The first kappa shape index (κ1) is 45.4. The number of hydrogen-bond acceptors (Lipinski definition) is 8. The monoisotopic (exact) mass is 849 g/mol. The van der Waals surface area contributed by atoms with E-state index in [1.54, 1.807) is 36.8 Å². The van der Waals surface area contributed by atoms with Crippen LogP contribution >= 0.6 is 0 Å². The number of aryl methyl sites for hydroxylation is 3. The molecule has 3 aromatic heterocycles. The van der Waals surface area contributed by atoms with Crippen LogP contribution in [0.2, 0.25) is 0 Å². The summed E-state index contributed by atoms with van der Waals surface area (Å²) in [7, 11) is 0. The van der Waals surface area contributed by atoms with Gasteiger partial charge in [-0.15, -0.1) is 0 Å². The van der Waals surface area contributed by atoms with E-state index < -0.39 is 17.8 Å². The molecule has 0 saturated heterocycles. The standard InChI is InChI=1S/2C20H18N2O2.C13H11NO2/c2*1-15-6-5-9-17(12-15)18-10-11-19(21-13-18)20(23)22(24)14-16-7-3-2-4-8-16;1-9-3-2-4-10(7-9)11-5-6-12(13(15)16)14-8-11/h2*2-13,24H,14H2,1H3;2-8H,1H3,(H,15,16). The van der Waals surface area contributed by atoms with E-state index in [1.165, 1.54) is 11.6 Å². The van der Waals surface area contributed by atoms with Crippen LogP contribution in [0.25, 0.3) is 33.4 Å². The van der Waals surface area contributed by atoms with Crippen LogP contribution in [0.4, 0.5) is 0 Å². The van der Waals surface area contributed by atoms with Crippen LogP contribution in [0.15, 0.2) is 188 Å². The first-order chi connectivity index (χ1) is 30.9. The fourth-order valence-electron chi connectivity index (χ4n) is 6.47. The number of carbonyl (C=O) groups is 3. The summed E-state index contributed by atoms with van der Waals surface area (Å²) in [6.45, 7) is 6.33. The van der Waals surface area contributed by atoms with Gasteiger partial charge in [-0.1, -0.05) is 168 Å². The highest BCUT2D eigenvalue weighted by Gasteiger charge is 2.17. The Hall–Kier alpha value is -8.12. The van der Waals surface area contributed by atoms with Crippen LogP contribution in [-0.4, -0.2) is 58.4 Å². The van der Waals surface area contributed by atoms with Gasteiger partial charge in [-0.2, -0.15) is 0 Å².